The molecule has 0 bridgehead atoms. The molecule has 0 fully saturated rings. The first-order chi connectivity index (χ1) is 5.27. The minimum absolute atomic E-state index is 0.0503. The van der Waals surface area contributed by atoms with Crippen LogP contribution in [0.1, 0.15) is 47.0 Å². The van der Waals surface area contributed by atoms with Crippen molar-refractivity contribution in [2.75, 3.05) is 7.11 Å². The van der Waals surface area contributed by atoms with E-state index in [1.54, 1.807) is 7.11 Å². The minimum Gasteiger partial charge on any atom is -0.390 e. The lowest BCUT2D eigenvalue weighted by molar-refractivity contribution is 0.00461. The van der Waals surface area contributed by atoms with Crippen LogP contribution in [-0.4, -0.2) is 23.4 Å². The van der Waals surface area contributed by atoms with Crippen LogP contribution in [0.15, 0.2) is 0 Å². The molecule has 0 aliphatic heterocycles. The van der Waals surface area contributed by atoms with Crippen LogP contribution in [0.2, 0.25) is 0 Å². The van der Waals surface area contributed by atoms with Gasteiger partial charge in [0.1, 0.15) is 0 Å². The molecule has 0 rings (SSSR count). The molecule has 0 aromatic heterocycles. The number of ether oxygens (including phenoxy) is 1. The van der Waals surface area contributed by atoms with Crippen LogP contribution < -0.4 is 0 Å². The average Bonchev–Trinajstić information content (AvgIpc) is 1.84. The van der Waals surface area contributed by atoms with E-state index >= 15 is 0 Å². The van der Waals surface area contributed by atoms with E-state index in [-0.39, 0.29) is 5.60 Å². The fourth-order valence-electron chi connectivity index (χ4n) is 1.05. The van der Waals surface area contributed by atoms with Crippen molar-refractivity contribution in [1.82, 2.24) is 0 Å². The fraction of sp³-hybridized carbons (Fsp3) is 1.00. The van der Waals surface area contributed by atoms with Crippen LogP contribution in [-0.2, 0) is 4.74 Å². The summed E-state index contributed by atoms with van der Waals surface area (Å²) < 4.78 is 5.27. The Morgan fingerprint density at radius 2 is 1.58 bits per heavy atom. The van der Waals surface area contributed by atoms with Gasteiger partial charge >= 0.3 is 0 Å². The molecule has 2 nitrogen and oxygen atoms in total. The van der Waals surface area contributed by atoms with E-state index in [2.05, 4.69) is 13.8 Å². The second-order valence-electron chi connectivity index (χ2n) is 4.63. The maximum atomic E-state index is 9.45. The van der Waals surface area contributed by atoms with Gasteiger partial charge in [0.2, 0.25) is 0 Å². The van der Waals surface area contributed by atoms with Crippen molar-refractivity contribution in [3.05, 3.63) is 0 Å². The molecule has 0 heterocycles. The van der Waals surface area contributed by atoms with Crippen molar-refractivity contribution < 1.29 is 9.84 Å². The molecular formula is C10H22O2. The van der Waals surface area contributed by atoms with Crippen molar-refractivity contribution in [3.63, 3.8) is 0 Å². The standard InChI is InChI=1S/C10H22O2/c1-9(2,11)7-6-8-10(3,4)12-5/h11H,6-8H2,1-5H3. The highest BCUT2D eigenvalue weighted by Gasteiger charge is 2.18. The Bertz CT molecular complexity index is 122. The summed E-state index contributed by atoms with van der Waals surface area (Å²) in [6, 6.07) is 0. The summed E-state index contributed by atoms with van der Waals surface area (Å²) in [4.78, 5) is 0. The summed E-state index contributed by atoms with van der Waals surface area (Å²) in [6.07, 6.45) is 2.83. The van der Waals surface area contributed by atoms with E-state index in [0.29, 0.717) is 0 Å². The number of hydrogen-bond acceptors (Lipinski definition) is 2. The smallest absolute Gasteiger partial charge is 0.0622 e. The molecule has 0 unspecified atom stereocenters. The SMILES string of the molecule is COC(C)(C)CCCC(C)(C)O. The third-order valence-corrected chi connectivity index (χ3v) is 2.12. The first-order valence-electron chi connectivity index (χ1n) is 4.54. The van der Waals surface area contributed by atoms with Gasteiger partial charge in [-0.1, -0.05) is 0 Å². The molecule has 0 aliphatic carbocycles. The Hall–Kier alpha value is -0.0800. The van der Waals surface area contributed by atoms with Gasteiger partial charge in [-0.15, -0.1) is 0 Å². The predicted molar refractivity (Wildman–Crippen MR) is 51.2 cm³/mol. The monoisotopic (exact) mass is 174 g/mol. The van der Waals surface area contributed by atoms with Crippen LogP contribution in [0.5, 0.6) is 0 Å². The molecule has 0 saturated heterocycles. The first-order valence-corrected chi connectivity index (χ1v) is 4.54. The molecule has 12 heavy (non-hydrogen) atoms. The molecular weight excluding hydrogens is 152 g/mol. The van der Waals surface area contributed by atoms with Crippen LogP contribution in [0, 0.1) is 0 Å². The van der Waals surface area contributed by atoms with Crippen molar-refractivity contribution >= 4 is 0 Å². The molecule has 0 aliphatic rings. The van der Waals surface area contributed by atoms with E-state index in [0.717, 1.165) is 19.3 Å². The van der Waals surface area contributed by atoms with Crippen molar-refractivity contribution in [3.8, 4) is 0 Å². The zero-order valence-corrected chi connectivity index (χ0v) is 8.98. The molecule has 74 valence electrons. The van der Waals surface area contributed by atoms with Crippen LogP contribution in [0.4, 0.5) is 0 Å². The number of hydrogen-bond donors (Lipinski definition) is 1. The summed E-state index contributed by atoms with van der Waals surface area (Å²) in [6.45, 7) is 7.81. The quantitative estimate of drug-likeness (QED) is 0.693. The minimum atomic E-state index is -0.538. The van der Waals surface area contributed by atoms with Gasteiger partial charge in [-0.3, -0.25) is 0 Å². The lowest BCUT2D eigenvalue weighted by Crippen LogP contribution is -2.24. The van der Waals surface area contributed by atoms with Gasteiger partial charge in [-0.2, -0.15) is 0 Å². The van der Waals surface area contributed by atoms with Crippen molar-refractivity contribution in [2.45, 2.75) is 58.2 Å². The third kappa shape index (κ3) is 6.62. The zero-order valence-electron chi connectivity index (χ0n) is 8.98. The number of rotatable bonds is 5. The molecule has 2 heteroatoms. The van der Waals surface area contributed by atoms with E-state index in [1.165, 1.54) is 0 Å². The molecule has 0 aromatic rings. The number of aliphatic hydroxyl groups is 1. The maximum absolute atomic E-state index is 9.45. The number of methoxy groups -OCH3 is 1. The van der Waals surface area contributed by atoms with Gasteiger partial charge in [0.25, 0.3) is 0 Å². The Labute approximate surface area is 75.9 Å². The summed E-state index contributed by atoms with van der Waals surface area (Å²) >= 11 is 0. The van der Waals surface area contributed by atoms with E-state index < -0.39 is 5.60 Å². The second kappa shape index (κ2) is 4.24. The molecule has 1 N–H and O–H groups in total. The van der Waals surface area contributed by atoms with Gasteiger partial charge in [0, 0.05) is 7.11 Å². The summed E-state index contributed by atoms with van der Waals surface area (Å²) in [7, 11) is 1.73. The van der Waals surface area contributed by atoms with Crippen LogP contribution in [0.25, 0.3) is 0 Å². The maximum Gasteiger partial charge on any atom is 0.0622 e. The van der Waals surface area contributed by atoms with Gasteiger partial charge < -0.3 is 9.84 Å². The largest absolute Gasteiger partial charge is 0.390 e. The van der Waals surface area contributed by atoms with Gasteiger partial charge in [-0.05, 0) is 47.0 Å². The van der Waals surface area contributed by atoms with Crippen LogP contribution in [0.3, 0.4) is 0 Å². The van der Waals surface area contributed by atoms with Crippen LogP contribution >= 0.6 is 0 Å². The molecule has 0 aromatic carbocycles. The lowest BCUT2D eigenvalue weighted by atomic mass is 9.95. The molecule has 0 saturated carbocycles. The first kappa shape index (κ1) is 11.9. The highest BCUT2D eigenvalue weighted by atomic mass is 16.5. The van der Waals surface area contributed by atoms with Crippen molar-refractivity contribution in [2.24, 2.45) is 0 Å². The van der Waals surface area contributed by atoms with Gasteiger partial charge in [0.05, 0.1) is 11.2 Å². The molecule has 0 amide bonds. The van der Waals surface area contributed by atoms with E-state index in [1.807, 2.05) is 13.8 Å². The topological polar surface area (TPSA) is 29.5 Å². The molecule has 0 spiro atoms. The Morgan fingerprint density at radius 1 is 1.08 bits per heavy atom. The third-order valence-electron chi connectivity index (χ3n) is 2.12. The zero-order chi connectivity index (χ0) is 9.83. The lowest BCUT2D eigenvalue weighted by Gasteiger charge is -2.24. The molecule has 0 radical (unpaired) electrons. The highest BCUT2D eigenvalue weighted by molar-refractivity contribution is 4.71. The highest BCUT2D eigenvalue weighted by Crippen LogP contribution is 2.20. The Kier molecular flexibility index (Phi) is 4.21. The predicted octanol–water partition coefficient (Wildman–Crippen LogP) is 2.35. The van der Waals surface area contributed by atoms with E-state index in [9.17, 15) is 5.11 Å². The Balaban J connectivity index is 3.57. The molecule has 0 atom stereocenters. The Morgan fingerprint density at radius 3 is 1.92 bits per heavy atom. The van der Waals surface area contributed by atoms with Crippen molar-refractivity contribution in [1.29, 1.82) is 0 Å². The van der Waals surface area contributed by atoms with Gasteiger partial charge in [-0.25, -0.2) is 0 Å². The fourth-order valence-corrected chi connectivity index (χ4v) is 1.05. The van der Waals surface area contributed by atoms with E-state index in [4.69, 9.17) is 4.74 Å². The normalized spacial score (nSPS) is 13.5. The summed E-state index contributed by atoms with van der Waals surface area (Å²) in [5, 5.41) is 9.45. The second-order valence-corrected chi connectivity index (χ2v) is 4.63. The average molecular weight is 174 g/mol. The van der Waals surface area contributed by atoms with Gasteiger partial charge in [0.15, 0.2) is 0 Å². The summed E-state index contributed by atoms with van der Waals surface area (Å²) in [5.74, 6) is 0. The summed E-state index contributed by atoms with van der Waals surface area (Å²) in [5.41, 5.74) is -0.588.